The van der Waals surface area contributed by atoms with Crippen LogP contribution in [0.5, 0.6) is 0 Å². The summed E-state index contributed by atoms with van der Waals surface area (Å²) in [7, 11) is 0. The molecule has 3 rings (SSSR count). The smallest absolute Gasteiger partial charge is 0.188 e. The first-order valence-electron chi connectivity index (χ1n) is 7.19. The van der Waals surface area contributed by atoms with Crippen LogP contribution in [-0.2, 0) is 10.3 Å². The summed E-state index contributed by atoms with van der Waals surface area (Å²) < 4.78 is 5.45. The van der Waals surface area contributed by atoms with Crippen LogP contribution in [0.3, 0.4) is 0 Å². The van der Waals surface area contributed by atoms with E-state index in [0.717, 1.165) is 23.5 Å². The second-order valence-electron chi connectivity index (χ2n) is 5.34. The fraction of sp³-hybridized carbons (Fsp3) is 0.353. The summed E-state index contributed by atoms with van der Waals surface area (Å²) in [4.78, 5) is 16.5. The summed E-state index contributed by atoms with van der Waals surface area (Å²) in [5, 5.41) is 2.03. The van der Waals surface area contributed by atoms with Crippen molar-refractivity contribution in [2.24, 2.45) is 0 Å². The van der Waals surface area contributed by atoms with Crippen LogP contribution in [0.25, 0.3) is 0 Å². The third-order valence-electron chi connectivity index (χ3n) is 4.12. The van der Waals surface area contributed by atoms with Gasteiger partial charge in [-0.2, -0.15) is 0 Å². The first-order valence-corrected chi connectivity index (χ1v) is 8.07. The molecule has 21 heavy (non-hydrogen) atoms. The van der Waals surface area contributed by atoms with Crippen LogP contribution in [-0.4, -0.2) is 37.0 Å². The molecule has 0 spiro atoms. The van der Waals surface area contributed by atoms with Gasteiger partial charge in [0.1, 0.15) is 5.54 Å². The van der Waals surface area contributed by atoms with Crippen molar-refractivity contribution in [1.82, 2.24) is 4.90 Å². The molecule has 0 radical (unpaired) electrons. The maximum atomic E-state index is 13.2. The summed E-state index contributed by atoms with van der Waals surface area (Å²) in [5.41, 5.74) is 0.152. The van der Waals surface area contributed by atoms with Crippen LogP contribution in [0.2, 0.25) is 0 Å². The molecule has 1 aliphatic heterocycles. The van der Waals surface area contributed by atoms with Crippen molar-refractivity contribution in [1.29, 1.82) is 0 Å². The Morgan fingerprint density at radius 3 is 2.48 bits per heavy atom. The van der Waals surface area contributed by atoms with Gasteiger partial charge >= 0.3 is 0 Å². The van der Waals surface area contributed by atoms with Gasteiger partial charge in [-0.3, -0.25) is 9.69 Å². The Morgan fingerprint density at radius 2 is 1.86 bits per heavy atom. The Morgan fingerprint density at radius 1 is 1.14 bits per heavy atom. The number of ketones is 1. The van der Waals surface area contributed by atoms with Gasteiger partial charge in [0, 0.05) is 23.5 Å². The van der Waals surface area contributed by atoms with Crippen molar-refractivity contribution < 1.29 is 9.53 Å². The molecule has 0 N–H and O–H groups in total. The van der Waals surface area contributed by atoms with E-state index in [1.54, 1.807) is 11.3 Å². The summed E-state index contributed by atoms with van der Waals surface area (Å²) in [6, 6.07) is 13.6. The maximum Gasteiger partial charge on any atom is 0.188 e. The van der Waals surface area contributed by atoms with Gasteiger partial charge in [-0.25, -0.2) is 0 Å². The highest BCUT2D eigenvalue weighted by Crippen LogP contribution is 2.35. The highest BCUT2D eigenvalue weighted by atomic mass is 32.1. The molecule has 1 fully saturated rings. The number of carbonyl (C=O) groups is 1. The average Bonchev–Trinajstić information content (AvgIpc) is 3.10. The quantitative estimate of drug-likeness (QED) is 0.812. The van der Waals surface area contributed by atoms with Gasteiger partial charge in [-0.05, 0) is 18.4 Å². The minimum absolute atomic E-state index is 0.160. The minimum Gasteiger partial charge on any atom is -0.379 e. The second kappa shape index (κ2) is 6.10. The van der Waals surface area contributed by atoms with Crippen molar-refractivity contribution in [3.63, 3.8) is 0 Å². The second-order valence-corrected chi connectivity index (χ2v) is 6.29. The van der Waals surface area contributed by atoms with Gasteiger partial charge in [0.05, 0.1) is 13.2 Å². The van der Waals surface area contributed by atoms with Crippen LogP contribution in [0.15, 0.2) is 47.8 Å². The first-order chi connectivity index (χ1) is 10.2. The molecule has 1 aromatic heterocycles. The molecule has 0 saturated carbocycles. The molecule has 110 valence electrons. The summed E-state index contributed by atoms with van der Waals surface area (Å²) in [5.74, 6) is 0.160. The van der Waals surface area contributed by atoms with E-state index in [-0.39, 0.29) is 5.78 Å². The Kier molecular flexibility index (Phi) is 4.19. The Labute approximate surface area is 129 Å². The third-order valence-corrected chi connectivity index (χ3v) is 5.20. The van der Waals surface area contributed by atoms with Gasteiger partial charge in [-0.15, -0.1) is 11.3 Å². The Bertz CT molecular complexity index is 591. The van der Waals surface area contributed by atoms with Crippen molar-refractivity contribution >= 4 is 17.1 Å². The lowest BCUT2D eigenvalue weighted by atomic mass is 9.87. The zero-order valence-corrected chi connectivity index (χ0v) is 12.9. The number of nitrogens with zero attached hydrogens (tertiary/aromatic N) is 1. The zero-order valence-electron chi connectivity index (χ0n) is 12.1. The zero-order chi connectivity index (χ0) is 14.7. The Balaban J connectivity index is 2.02. The predicted molar refractivity (Wildman–Crippen MR) is 84.8 cm³/mol. The third kappa shape index (κ3) is 2.67. The van der Waals surface area contributed by atoms with E-state index in [1.807, 2.05) is 48.7 Å². The van der Waals surface area contributed by atoms with Gasteiger partial charge in [0.25, 0.3) is 0 Å². The molecule has 4 heteroatoms. The van der Waals surface area contributed by atoms with Crippen molar-refractivity contribution in [3.05, 3.63) is 58.3 Å². The molecule has 1 unspecified atom stereocenters. The number of rotatable bonds is 4. The summed E-state index contributed by atoms with van der Waals surface area (Å²) >= 11 is 1.64. The van der Waals surface area contributed by atoms with Crippen LogP contribution < -0.4 is 0 Å². The lowest BCUT2D eigenvalue weighted by Crippen LogP contribution is -2.53. The lowest BCUT2D eigenvalue weighted by molar-refractivity contribution is -0.0101. The van der Waals surface area contributed by atoms with Crippen molar-refractivity contribution in [2.45, 2.75) is 12.5 Å². The standard InChI is InChI=1S/C17H19NO2S/c1-17(15-8-5-13-21-15,18-9-11-20-12-10-18)16(19)14-6-3-2-4-7-14/h2-8,13H,9-12H2,1H3. The minimum atomic E-state index is -0.612. The summed E-state index contributed by atoms with van der Waals surface area (Å²) in [6.45, 7) is 4.98. The molecule has 2 heterocycles. The molecule has 2 aromatic rings. The van der Waals surface area contributed by atoms with Gasteiger partial charge in [-0.1, -0.05) is 36.4 Å². The van der Waals surface area contributed by atoms with Crippen LogP contribution in [0.4, 0.5) is 0 Å². The number of thiophene rings is 1. The van der Waals surface area contributed by atoms with E-state index in [1.165, 1.54) is 0 Å². The van der Waals surface area contributed by atoms with E-state index in [4.69, 9.17) is 4.74 Å². The molecule has 3 nitrogen and oxygen atoms in total. The van der Waals surface area contributed by atoms with E-state index in [2.05, 4.69) is 11.0 Å². The molecule has 1 saturated heterocycles. The largest absolute Gasteiger partial charge is 0.379 e. The maximum absolute atomic E-state index is 13.2. The first kappa shape index (κ1) is 14.4. The molecule has 1 aromatic carbocycles. The average molecular weight is 301 g/mol. The fourth-order valence-electron chi connectivity index (χ4n) is 2.85. The van der Waals surface area contributed by atoms with Gasteiger partial charge < -0.3 is 4.74 Å². The molecule has 1 atom stereocenters. The number of morpholine rings is 1. The van der Waals surface area contributed by atoms with E-state index in [0.29, 0.717) is 13.2 Å². The van der Waals surface area contributed by atoms with Gasteiger partial charge in [0.2, 0.25) is 0 Å². The molecule has 0 aliphatic carbocycles. The van der Waals surface area contributed by atoms with E-state index in [9.17, 15) is 4.79 Å². The van der Waals surface area contributed by atoms with Crippen LogP contribution in [0, 0.1) is 0 Å². The molecule has 0 bridgehead atoms. The Hall–Kier alpha value is -1.49. The topological polar surface area (TPSA) is 29.5 Å². The van der Waals surface area contributed by atoms with Gasteiger partial charge in [0.15, 0.2) is 5.78 Å². The predicted octanol–water partition coefficient (Wildman–Crippen LogP) is 3.18. The molecular formula is C17H19NO2S. The normalized spacial score (nSPS) is 19.1. The van der Waals surface area contributed by atoms with E-state index < -0.39 is 5.54 Å². The SMILES string of the molecule is CC(C(=O)c1ccccc1)(c1cccs1)N1CCOCC1. The molecule has 1 aliphatic rings. The van der Waals surface area contributed by atoms with Crippen molar-refractivity contribution in [2.75, 3.05) is 26.3 Å². The van der Waals surface area contributed by atoms with Crippen LogP contribution in [0.1, 0.15) is 22.2 Å². The van der Waals surface area contributed by atoms with E-state index >= 15 is 0 Å². The van der Waals surface area contributed by atoms with Crippen molar-refractivity contribution in [3.8, 4) is 0 Å². The number of Topliss-reactive ketones (excluding diaryl/α,β-unsaturated/α-hetero) is 1. The number of carbonyl (C=O) groups excluding carboxylic acids is 1. The molecular weight excluding hydrogens is 282 g/mol. The molecule has 0 amide bonds. The number of hydrogen-bond acceptors (Lipinski definition) is 4. The highest BCUT2D eigenvalue weighted by molar-refractivity contribution is 7.10. The lowest BCUT2D eigenvalue weighted by Gasteiger charge is -2.41. The number of hydrogen-bond donors (Lipinski definition) is 0. The summed E-state index contributed by atoms with van der Waals surface area (Å²) in [6.07, 6.45) is 0. The number of benzene rings is 1. The van der Waals surface area contributed by atoms with Crippen LogP contribution >= 0.6 is 11.3 Å². The number of ether oxygens (including phenoxy) is 1. The monoisotopic (exact) mass is 301 g/mol. The fourth-order valence-corrected chi connectivity index (χ4v) is 3.76. The highest BCUT2D eigenvalue weighted by Gasteiger charge is 2.42.